The summed E-state index contributed by atoms with van der Waals surface area (Å²) in [5.41, 5.74) is 0.820. The van der Waals surface area contributed by atoms with Gasteiger partial charge in [0, 0.05) is 31.4 Å². The molecule has 6 nitrogen and oxygen atoms in total. The fourth-order valence-corrected chi connectivity index (χ4v) is 2.97. The lowest BCUT2D eigenvalue weighted by Gasteiger charge is -2.32. The van der Waals surface area contributed by atoms with Gasteiger partial charge in [0.05, 0.1) is 6.54 Å². The van der Waals surface area contributed by atoms with Crippen molar-refractivity contribution in [3.8, 4) is 0 Å². The van der Waals surface area contributed by atoms with Crippen LogP contribution in [0.1, 0.15) is 25.5 Å². The molecule has 0 aliphatic carbocycles. The topological polar surface area (TPSA) is 74.6 Å². The second-order valence-electron chi connectivity index (χ2n) is 5.89. The van der Waals surface area contributed by atoms with Gasteiger partial charge in [-0.05, 0) is 25.0 Å². The molecule has 0 bridgehead atoms. The molecule has 2 N–H and O–H groups in total. The molecule has 1 saturated heterocycles. The van der Waals surface area contributed by atoms with Gasteiger partial charge < -0.3 is 20.0 Å². The fourth-order valence-electron chi connectivity index (χ4n) is 2.97. The van der Waals surface area contributed by atoms with Crippen molar-refractivity contribution in [1.29, 1.82) is 0 Å². The number of furan rings is 1. The van der Waals surface area contributed by atoms with E-state index >= 15 is 0 Å². The summed E-state index contributed by atoms with van der Waals surface area (Å²) in [5, 5.41) is 6.79. The molecule has 3 rings (SSSR count). The SMILES string of the molecule is CC(=O)NC1CCCN(C(=O)NCc2cc3ccccc3o2)C1. The van der Waals surface area contributed by atoms with E-state index in [0.29, 0.717) is 19.6 Å². The third-order valence-corrected chi connectivity index (χ3v) is 4.01. The molecule has 1 atom stereocenters. The summed E-state index contributed by atoms with van der Waals surface area (Å²) in [6, 6.07) is 9.61. The minimum absolute atomic E-state index is 0.0400. The third-order valence-electron chi connectivity index (χ3n) is 4.01. The van der Waals surface area contributed by atoms with Gasteiger partial charge in [0.25, 0.3) is 0 Å². The van der Waals surface area contributed by atoms with Crippen molar-refractivity contribution >= 4 is 22.9 Å². The molecular formula is C17H21N3O3. The summed E-state index contributed by atoms with van der Waals surface area (Å²) >= 11 is 0. The number of nitrogens with one attached hydrogen (secondary N) is 2. The Morgan fingerprint density at radius 2 is 2.17 bits per heavy atom. The van der Waals surface area contributed by atoms with E-state index in [1.165, 1.54) is 6.92 Å². The Bertz CT molecular complexity index is 677. The van der Waals surface area contributed by atoms with Crippen LogP contribution in [0.4, 0.5) is 4.79 Å². The van der Waals surface area contributed by atoms with Crippen molar-refractivity contribution in [2.75, 3.05) is 13.1 Å². The second-order valence-corrected chi connectivity index (χ2v) is 5.89. The highest BCUT2D eigenvalue weighted by Crippen LogP contribution is 2.18. The van der Waals surface area contributed by atoms with Crippen molar-refractivity contribution in [3.05, 3.63) is 36.1 Å². The number of carbonyl (C=O) groups excluding carboxylic acids is 2. The third kappa shape index (κ3) is 3.83. The van der Waals surface area contributed by atoms with Crippen molar-refractivity contribution in [1.82, 2.24) is 15.5 Å². The first kappa shape index (κ1) is 15.4. The first-order chi connectivity index (χ1) is 11.1. The molecule has 1 unspecified atom stereocenters. The van der Waals surface area contributed by atoms with Gasteiger partial charge in [0.2, 0.25) is 5.91 Å². The van der Waals surface area contributed by atoms with Crippen molar-refractivity contribution in [2.24, 2.45) is 0 Å². The number of likely N-dealkylation sites (tertiary alicyclic amines) is 1. The molecule has 3 amide bonds. The zero-order chi connectivity index (χ0) is 16.2. The Kier molecular flexibility index (Phi) is 4.50. The number of hydrogen-bond donors (Lipinski definition) is 2. The lowest BCUT2D eigenvalue weighted by atomic mass is 10.1. The van der Waals surface area contributed by atoms with E-state index in [1.54, 1.807) is 4.90 Å². The maximum atomic E-state index is 12.3. The van der Waals surface area contributed by atoms with E-state index < -0.39 is 0 Å². The molecule has 1 aliphatic rings. The minimum atomic E-state index is -0.125. The summed E-state index contributed by atoms with van der Waals surface area (Å²) in [6.07, 6.45) is 1.80. The molecule has 0 saturated carbocycles. The quantitative estimate of drug-likeness (QED) is 0.912. The summed E-state index contributed by atoms with van der Waals surface area (Å²) in [4.78, 5) is 25.2. The Balaban J connectivity index is 1.55. The standard InChI is InChI=1S/C17H21N3O3/c1-12(21)19-14-6-4-8-20(11-14)17(22)18-10-15-9-13-5-2-3-7-16(13)23-15/h2-3,5,7,9,14H,4,6,8,10-11H2,1H3,(H,18,22)(H,19,21). The van der Waals surface area contributed by atoms with Crippen LogP contribution in [-0.2, 0) is 11.3 Å². The lowest BCUT2D eigenvalue weighted by molar-refractivity contribution is -0.119. The van der Waals surface area contributed by atoms with Gasteiger partial charge in [-0.3, -0.25) is 4.79 Å². The van der Waals surface area contributed by atoms with Gasteiger partial charge in [-0.25, -0.2) is 4.79 Å². The van der Waals surface area contributed by atoms with Gasteiger partial charge in [-0.15, -0.1) is 0 Å². The molecule has 0 radical (unpaired) electrons. The molecular weight excluding hydrogens is 294 g/mol. The van der Waals surface area contributed by atoms with E-state index in [1.807, 2.05) is 30.3 Å². The van der Waals surface area contributed by atoms with Gasteiger partial charge in [-0.2, -0.15) is 0 Å². The number of fused-ring (bicyclic) bond motifs is 1. The predicted molar refractivity (Wildman–Crippen MR) is 86.9 cm³/mol. The van der Waals surface area contributed by atoms with Crippen LogP contribution in [0, 0.1) is 0 Å². The van der Waals surface area contributed by atoms with Gasteiger partial charge in [0.1, 0.15) is 11.3 Å². The Labute approximate surface area is 134 Å². The average Bonchev–Trinajstić information content (AvgIpc) is 2.95. The first-order valence-electron chi connectivity index (χ1n) is 7.89. The number of piperidine rings is 1. The van der Waals surface area contributed by atoms with E-state index in [4.69, 9.17) is 4.42 Å². The number of amides is 3. The van der Waals surface area contributed by atoms with Crippen LogP contribution in [0.2, 0.25) is 0 Å². The van der Waals surface area contributed by atoms with Crippen molar-refractivity contribution in [2.45, 2.75) is 32.4 Å². The van der Waals surface area contributed by atoms with Crippen LogP contribution in [0.15, 0.2) is 34.7 Å². The van der Waals surface area contributed by atoms with Crippen molar-refractivity contribution in [3.63, 3.8) is 0 Å². The Morgan fingerprint density at radius 1 is 1.35 bits per heavy atom. The number of nitrogens with zero attached hydrogens (tertiary/aromatic N) is 1. The maximum absolute atomic E-state index is 12.3. The van der Waals surface area contributed by atoms with Crippen LogP contribution in [-0.4, -0.2) is 36.0 Å². The Hall–Kier alpha value is -2.50. The van der Waals surface area contributed by atoms with Crippen LogP contribution >= 0.6 is 0 Å². The predicted octanol–water partition coefficient (Wildman–Crippen LogP) is 2.24. The maximum Gasteiger partial charge on any atom is 0.317 e. The fraction of sp³-hybridized carbons (Fsp3) is 0.412. The van der Waals surface area contributed by atoms with E-state index in [-0.39, 0.29) is 18.0 Å². The summed E-state index contributed by atoms with van der Waals surface area (Å²) in [7, 11) is 0. The molecule has 1 aliphatic heterocycles. The molecule has 0 spiro atoms. The highest BCUT2D eigenvalue weighted by Gasteiger charge is 2.24. The van der Waals surface area contributed by atoms with Crippen LogP contribution in [0.25, 0.3) is 11.0 Å². The van der Waals surface area contributed by atoms with Crippen LogP contribution in [0.5, 0.6) is 0 Å². The van der Waals surface area contributed by atoms with Gasteiger partial charge >= 0.3 is 6.03 Å². The first-order valence-corrected chi connectivity index (χ1v) is 7.89. The van der Waals surface area contributed by atoms with Gasteiger partial charge in [-0.1, -0.05) is 18.2 Å². The average molecular weight is 315 g/mol. The molecule has 2 aromatic rings. The highest BCUT2D eigenvalue weighted by molar-refractivity contribution is 5.78. The molecule has 1 fully saturated rings. The largest absolute Gasteiger partial charge is 0.459 e. The number of benzene rings is 1. The normalized spacial score (nSPS) is 18.0. The monoisotopic (exact) mass is 315 g/mol. The number of carbonyl (C=O) groups is 2. The zero-order valence-corrected chi connectivity index (χ0v) is 13.2. The molecule has 23 heavy (non-hydrogen) atoms. The lowest BCUT2D eigenvalue weighted by Crippen LogP contribution is -2.51. The van der Waals surface area contributed by atoms with Gasteiger partial charge in [0.15, 0.2) is 0 Å². The van der Waals surface area contributed by atoms with Crippen molar-refractivity contribution < 1.29 is 14.0 Å². The summed E-state index contributed by atoms with van der Waals surface area (Å²) in [5.74, 6) is 0.675. The number of rotatable bonds is 3. The highest BCUT2D eigenvalue weighted by atomic mass is 16.3. The number of para-hydroxylation sites is 1. The number of hydrogen-bond acceptors (Lipinski definition) is 3. The molecule has 2 heterocycles. The van der Waals surface area contributed by atoms with Crippen LogP contribution < -0.4 is 10.6 Å². The molecule has 6 heteroatoms. The number of urea groups is 1. The van der Waals surface area contributed by atoms with E-state index in [2.05, 4.69) is 10.6 Å². The zero-order valence-electron chi connectivity index (χ0n) is 13.2. The summed E-state index contributed by atoms with van der Waals surface area (Å²) in [6.45, 7) is 3.11. The molecule has 1 aromatic heterocycles. The summed E-state index contributed by atoms with van der Waals surface area (Å²) < 4.78 is 5.69. The van der Waals surface area contributed by atoms with E-state index in [9.17, 15) is 9.59 Å². The Morgan fingerprint density at radius 3 is 2.96 bits per heavy atom. The van der Waals surface area contributed by atoms with E-state index in [0.717, 1.165) is 29.6 Å². The second kappa shape index (κ2) is 6.73. The molecule has 122 valence electrons. The minimum Gasteiger partial charge on any atom is -0.459 e. The molecule has 1 aromatic carbocycles. The van der Waals surface area contributed by atoms with Crippen LogP contribution in [0.3, 0.4) is 0 Å². The smallest absolute Gasteiger partial charge is 0.317 e.